The molecule has 0 amide bonds. The summed E-state index contributed by atoms with van der Waals surface area (Å²) in [5.74, 6) is 2.47. The number of hydrogen-bond acceptors (Lipinski definition) is 2. The summed E-state index contributed by atoms with van der Waals surface area (Å²) in [7, 11) is 0. The fraction of sp³-hybridized carbons (Fsp3) is 1.00. The van der Waals surface area contributed by atoms with Crippen molar-refractivity contribution in [3.05, 3.63) is 0 Å². The zero-order valence-electron chi connectivity index (χ0n) is 3.03. The predicted octanol–water partition coefficient (Wildman–Crippen LogP) is -0.368. The molecule has 1 rings (SSSR count). The first kappa shape index (κ1) is 7.31. The molecule has 0 spiro atoms. The van der Waals surface area contributed by atoms with E-state index in [9.17, 15) is 0 Å². The van der Waals surface area contributed by atoms with E-state index >= 15 is 0 Å². The second-order valence-corrected chi connectivity index (χ2v) is 2.16. The molecule has 0 saturated carbocycles. The van der Waals surface area contributed by atoms with Gasteiger partial charge in [-0.25, -0.2) is 0 Å². The summed E-state index contributed by atoms with van der Waals surface area (Å²) in [5, 5.41) is 3.19. The summed E-state index contributed by atoms with van der Waals surface area (Å²) in [6.07, 6.45) is 0. The summed E-state index contributed by atoms with van der Waals surface area (Å²) in [6, 6.07) is 0. The van der Waals surface area contributed by atoms with Gasteiger partial charge in [-0.3, -0.25) is 0 Å². The van der Waals surface area contributed by atoms with Crippen molar-refractivity contribution >= 4 is 41.3 Å². The Bertz CT molecular complexity index is 22.4. The van der Waals surface area contributed by atoms with Gasteiger partial charge in [-0.15, -0.1) is 11.8 Å². The second kappa shape index (κ2) is 4.47. The van der Waals surface area contributed by atoms with Gasteiger partial charge in [-0.1, -0.05) is 0 Å². The fourth-order valence-electron chi connectivity index (χ4n) is 0.361. The van der Waals surface area contributed by atoms with E-state index in [1.165, 1.54) is 18.2 Å². The van der Waals surface area contributed by atoms with Gasteiger partial charge in [0.1, 0.15) is 0 Å². The van der Waals surface area contributed by atoms with Crippen LogP contribution in [-0.4, -0.2) is 47.7 Å². The van der Waals surface area contributed by atoms with Gasteiger partial charge in [-0.05, 0) is 0 Å². The van der Waals surface area contributed by atoms with E-state index in [0.717, 1.165) is 0 Å². The molecular formula is C3H8NNaS. The van der Waals surface area contributed by atoms with Crippen molar-refractivity contribution < 1.29 is 0 Å². The van der Waals surface area contributed by atoms with Crippen LogP contribution in [0.25, 0.3) is 0 Å². The molecule has 0 bridgehead atoms. The molecule has 6 heavy (non-hydrogen) atoms. The summed E-state index contributed by atoms with van der Waals surface area (Å²) < 4.78 is 0. The van der Waals surface area contributed by atoms with Crippen LogP contribution in [0.3, 0.4) is 0 Å². The van der Waals surface area contributed by atoms with Gasteiger partial charge in [-0.2, -0.15) is 0 Å². The van der Waals surface area contributed by atoms with Crippen molar-refractivity contribution in [2.24, 2.45) is 0 Å². The molecule has 1 saturated heterocycles. The van der Waals surface area contributed by atoms with Crippen LogP contribution < -0.4 is 5.32 Å². The monoisotopic (exact) mass is 113 g/mol. The van der Waals surface area contributed by atoms with Crippen molar-refractivity contribution in [3.8, 4) is 0 Å². The molecule has 0 aromatic rings. The molecule has 1 fully saturated rings. The molecule has 0 unspecified atom stereocenters. The molecule has 0 atom stereocenters. The van der Waals surface area contributed by atoms with Crippen LogP contribution in [0.2, 0.25) is 0 Å². The summed E-state index contributed by atoms with van der Waals surface area (Å²) in [6.45, 7) is 1.21. The third-order valence-electron chi connectivity index (χ3n) is 0.627. The first-order valence-corrected chi connectivity index (χ1v) is 2.94. The summed E-state index contributed by atoms with van der Waals surface area (Å²) >= 11 is 1.96. The zero-order valence-corrected chi connectivity index (χ0v) is 3.85. The Morgan fingerprint density at radius 1 is 1.50 bits per heavy atom. The average molecular weight is 113 g/mol. The van der Waals surface area contributed by atoms with Crippen LogP contribution in [0.1, 0.15) is 0 Å². The van der Waals surface area contributed by atoms with Crippen LogP contribution in [0.15, 0.2) is 0 Å². The Morgan fingerprint density at radius 3 is 2.50 bits per heavy atom. The van der Waals surface area contributed by atoms with Gasteiger partial charge in [0.05, 0.1) is 0 Å². The van der Waals surface area contributed by atoms with E-state index < -0.39 is 0 Å². The second-order valence-electron chi connectivity index (χ2n) is 1.05. The fourth-order valence-corrected chi connectivity index (χ4v) is 1.08. The Hall–Kier alpha value is 1.31. The molecule has 1 heterocycles. The van der Waals surface area contributed by atoms with E-state index in [4.69, 9.17) is 0 Å². The molecule has 32 valence electrons. The summed E-state index contributed by atoms with van der Waals surface area (Å²) in [5.41, 5.74) is 0. The number of nitrogens with one attached hydrogen (secondary N) is 1. The quantitative estimate of drug-likeness (QED) is 0.430. The van der Waals surface area contributed by atoms with Crippen molar-refractivity contribution in [1.82, 2.24) is 5.32 Å². The minimum atomic E-state index is 0. The van der Waals surface area contributed by atoms with E-state index in [-0.39, 0.29) is 29.6 Å². The van der Waals surface area contributed by atoms with Gasteiger partial charge >= 0.3 is 29.6 Å². The number of rotatable bonds is 0. The van der Waals surface area contributed by atoms with Crippen molar-refractivity contribution in [1.29, 1.82) is 0 Å². The first-order chi connectivity index (χ1) is 2.50. The van der Waals surface area contributed by atoms with Gasteiger partial charge < -0.3 is 5.32 Å². The molecule has 1 N–H and O–H groups in total. The van der Waals surface area contributed by atoms with Crippen molar-refractivity contribution in [2.45, 2.75) is 0 Å². The molecule has 1 aliphatic heterocycles. The van der Waals surface area contributed by atoms with E-state index in [1.807, 2.05) is 11.8 Å². The zero-order chi connectivity index (χ0) is 3.54. The van der Waals surface area contributed by atoms with Crippen LogP contribution >= 0.6 is 11.8 Å². The van der Waals surface area contributed by atoms with Gasteiger partial charge in [0.15, 0.2) is 0 Å². The standard InChI is InChI=1S/C3H7NS.Na.H/c1-2-5-3-4-1;;/h4H,1-3H2;;. The molecule has 1 nitrogen and oxygen atoms in total. The number of thioether (sulfide) groups is 1. The van der Waals surface area contributed by atoms with E-state index in [2.05, 4.69) is 5.32 Å². The van der Waals surface area contributed by atoms with Gasteiger partial charge in [0.25, 0.3) is 0 Å². The topological polar surface area (TPSA) is 12.0 Å². The minimum absolute atomic E-state index is 0. The van der Waals surface area contributed by atoms with Gasteiger partial charge in [0.2, 0.25) is 0 Å². The normalized spacial score (nSPS) is 20.0. The van der Waals surface area contributed by atoms with Crippen LogP contribution in [0.5, 0.6) is 0 Å². The molecular weight excluding hydrogens is 105 g/mol. The first-order valence-electron chi connectivity index (χ1n) is 1.78. The summed E-state index contributed by atoms with van der Waals surface area (Å²) in [4.78, 5) is 0. The maximum absolute atomic E-state index is 3.19. The molecule has 0 aromatic heterocycles. The molecule has 1 aliphatic rings. The van der Waals surface area contributed by atoms with Crippen molar-refractivity contribution in [2.75, 3.05) is 18.2 Å². The van der Waals surface area contributed by atoms with Crippen molar-refractivity contribution in [3.63, 3.8) is 0 Å². The van der Waals surface area contributed by atoms with Crippen LogP contribution in [0, 0.1) is 0 Å². The maximum atomic E-state index is 3.19. The van der Waals surface area contributed by atoms with E-state index in [0.29, 0.717) is 0 Å². The Balaban J connectivity index is 0.000000250. The predicted molar refractivity (Wildman–Crippen MR) is 32.5 cm³/mol. The van der Waals surface area contributed by atoms with Gasteiger partial charge in [0, 0.05) is 18.2 Å². The molecule has 0 aromatic carbocycles. The Morgan fingerprint density at radius 2 is 2.33 bits per heavy atom. The third kappa shape index (κ3) is 2.48. The Kier molecular flexibility index (Phi) is 5.44. The Labute approximate surface area is 64.5 Å². The SMILES string of the molecule is C1CSCN1.[NaH]. The van der Waals surface area contributed by atoms with E-state index in [1.54, 1.807) is 0 Å². The van der Waals surface area contributed by atoms with Crippen LogP contribution in [-0.2, 0) is 0 Å². The average Bonchev–Trinajstić information content (AvgIpc) is 1.76. The molecule has 3 heteroatoms. The molecule has 0 aliphatic carbocycles. The number of hydrogen-bond donors (Lipinski definition) is 1. The van der Waals surface area contributed by atoms with Crippen LogP contribution in [0.4, 0.5) is 0 Å². The third-order valence-corrected chi connectivity index (χ3v) is 1.53. The molecule has 0 radical (unpaired) electrons.